The topological polar surface area (TPSA) is 78.5 Å². The fourth-order valence-corrected chi connectivity index (χ4v) is 2.94. The number of hydrogen-bond donors (Lipinski definition) is 2. The number of hydrogen-bond acceptors (Lipinski definition) is 3. The molecule has 2 aliphatic rings. The Hall–Kier alpha value is -1.59. The first-order valence-electron chi connectivity index (χ1n) is 7.34. The quantitative estimate of drug-likeness (QED) is 0.755. The van der Waals surface area contributed by atoms with Crippen molar-refractivity contribution in [3.63, 3.8) is 0 Å². The number of carbonyl (C=O) groups excluding carboxylic acids is 3. The van der Waals surface area contributed by atoms with Crippen molar-refractivity contribution in [2.24, 2.45) is 5.92 Å². The summed E-state index contributed by atoms with van der Waals surface area (Å²) in [7, 11) is 1.84. The molecule has 6 heteroatoms. The van der Waals surface area contributed by atoms with Crippen molar-refractivity contribution in [3.05, 3.63) is 0 Å². The molecule has 0 radical (unpaired) electrons. The van der Waals surface area contributed by atoms with E-state index in [0.717, 1.165) is 18.8 Å². The van der Waals surface area contributed by atoms with E-state index in [1.807, 2.05) is 11.9 Å². The Bertz CT molecular complexity index is 402. The molecule has 1 saturated heterocycles. The van der Waals surface area contributed by atoms with Gasteiger partial charge in [-0.2, -0.15) is 0 Å². The Balaban J connectivity index is 1.77. The van der Waals surface area contributed by atoms with E-state index in [2.05, 4.69) is 17.6 Å². The second-order valence-corrected chi connectivity index (χ2v) is 5.97. The number of nitrogens with zero attached hydrogens (tertiary/aromatic N) is 1. The largest absolute Gasteiger partial charge is 0.343 e. The average molecular weight is 281 g/mol. The predicted octanol–water partition coefficient (Wildman–Crippen LogP) is 1.01. The standard InChI is InChI=1S/C14H23N3O3/c1-9-3-5-10(6-4-9)17(2)12(18)8-7-11-13(19)16-14(20)15-11/h9-11H,3-8H2,1-2H3,(H2,15,16,19,20)/t9?,10?,11-/m1/s1. The highest BCUT2D eigenvalue weighted by Crippen LogP contribution is 2.26. The summed E-state index contributed by atoms with van der Waals surface area (Å²) in [5.74, 6) is 0.475. The summed E-state index contributed by atoms with van der Waals surface area (Å²) in [6, 6.07) is -0.709. The molecule has 1 saturated carbocycles. The molecule has 0 bridgehead atoms. The van der Waals surface area contributed by atoms with Gasteiger partial charge in [0.25, 0.3) is 5.91 Å². The van der Waals surface area contributed by atoms with Crippen LogP contribution in [-0.4, -0.2) is 41.9 Å². The third kappa shape index (κ3) is 3.49. The third-order valence-electron chi connectivity index (χ3n) is 4.43. The van der Waals surface area contributed by atoms with Crippen LogP contribution in [0.4, 0.5) is 4.79 Å². The van der Waals surface area contributed by atoms with Gasteiger partial charge in [0.05, 0.1) is 0 Å². The van der Waals surface area contributed by atoms with Gasteiger partial charge in [0.1, 0.15) is 6.04 Å². The van der Waals surface area contributed by atoms with Crippen LogP contribution in [0, 0.1) is 5.92 Å². The lowest BCUT2D eigenvalue weighted by Gasteiger charge is -2.33. The maximum Gasteiger partial charge on any atom is 0.322 e. The highest BCUT2D eigenvalue weighted by molar-refractivity contribution is 6.04. The molecule has 0 aromatic rings. The van der Waals surface area contributed by atoms with Crippen LogP contribution in [0.25, 0.3) is 0 Å². The van der Waals surface area contributed by atoms with Crippen LogP contribution in [0.3, 0.4) is 0 Å². The summed E-state index contributed by atoms with van der Waals surface area (Å²) in [6.07, 6.45) is 5.12. The molecule has 1 atom stereocenters. The molecule has 112 valence electrons. The van der Waals surface area contributed by atoms with Gasteiger partial charge in [0.15, 0.2) is 0 Å². The number of rotatable bonds is 4. The van der Waals surface area contributed by atoms with Crippen LogP contribution < -0.4 is 10.6 Å². The number of amides is 4. The van der Waals surface area contributed by atoms with Crippen LogP contribution in [0.2, 0.25) is 0 Å². The van der Waals surface area contributed by atoms with Crippen molar-refractivity contribution >= 4 is 17.8 Å². The minimum atomic E-state index is -0.564. The second-order valence-electron chi connectivity index (χ2n) is 5.97. The summed E-state index contributed by atoms with van der Waals surface area (Å²) in [6.45, 7) is 2.25. The van der Waals surface area contributed by atoms with E-state index in [0.29, 0.717) is 18.9 Å². The fourth-order valence-electron chi connectivity index (χ4n) is 2.94. The zero-order valence-electron chi connectivity index (χ0n) is 12.1. The van der Waals surface area contributed by atoms with E-state index >= 15 is 0 Å². The second kappa shape index (κ2) is 6.24. The van der Waals surface area contributed by atoms with Crippen molar-refractivity contribution < 1.29 is 14.4 Å². The molecule has 1 heterocycles. The minimum Gasteiger partial charge on any atom is -0.343 e. The molecule has 2 N–H and O–H groups in total. The molecule has 0 unspecified atom stereocenters. The van der Waals surface area contributed by atoms with Crippen molar-refractivity contribution in [1.29, 1.82) is 0 Å². The van der Waals surface area contributed by atoms with Gasteiger partial charge >= 0.3 is 6.03 Å². The van der Waals surface area contributed by atoms with Crippen LogP contribution in [0.5, 0.6) is 0 Å². The van der Waals surface area contributed by atoms with Gasteiger partial charge < -0.3 is 10.2 Å². The van der Waals surface area contributed by atoms with Crippen LogP contribution in [0.1, 0.15) is 45.4 Å². The highest BCUT2D eigenvalue weighted by Gasteiger charge is 2.31. The summed E-state index contributed by atoms with van der Waals surface area (Å²) in [4.78, 5) is 36.3. The number of urea groups is 1. The summed E-state index contributed by atoms with van der Waals surface area (Å²) < 4.78 is 0. The molecule has 4 amide bonds. The van der Waals surface area contributed by atoms with E-state index in [-0.39, 0.29) is 11.8 Å². The van der Waals surface area contributed by atoms with E-state index in [1.165, 1.54) is 12.8 Å². The molecule has 6 nitrogen and oxygen atoms in total. The number of imide groups is 1. The first-order valence-corrected chi connectivity index (χ1v) is 7.34. The van der Waals surface area contributed by atoms with Crippen molar-refractivity contribution in [2.45, 2.75) is 57.5 Å². The Morgan fingerprint density at radius 3 is 2.45 bits per heavy atom. The smallest absolute Gasteiger partial charge is 0.322 e. The molecule has 0 aromatic heterocycles. The normalized spacial score (nSPS) is 29.8. The molecule has 0 aromatic carbocycles. The van der Waals surface area contributed by atoms with Gasteiger partial charge in [-0.15, -0.1) is 0 Å². The summed E-state index contributed by atoms with van der Waals surface area (Å²) in [5, 5.41) is 4.69. The van der Waals surface area contributed by atoms with Gasteiger partial charge in [-0.25, -0.2) is 4.79 Å². The SMILES string of the molecule is CC1CCC(N(C)C(=O)CC[C@H]2NC(=O)NC2=O)CC1. The molecule has 2 rings (SSSR count). The van der Waals surface area contributed by atoms with Crippen LogP contribution >= 0.6 is 0 Å². The minimum absolute atomic E-state index is 0.0542. The third-order valence-corrected chi connectivity index (χ3v) is 4.43. The Morgan fingerprint density at radius 1 is 1.25 bits per heavy atom. The fraction of sp³-hybridized carbons (Fsp3) is 0.786. The molecular weight excluding hydrogens is 258 g/mol. The molecule has 0 spiro atoms. The van der Waals surface area contributed by atoms with Crippen molar-refractivity contribution in [3.8, 4) is 0 Å². The summed E-state index contributed by atoms with van der Waals surface area (Å²) in [5.41, 5.74) is 0. The first-order chi connectivity index (χ1) is 9.47. The predicted molar refractivity (Wildman–Crippen MR) is 73.9 cm³/mol. The Labute approximate surface area is 119 Å². The van der Waals surface area contributed by atoms with E-state index in [1.54, 1.807) is 0 Å². The van der Waals surface area contributed by atoms with Gasteiger partial charge in [-0.1, -0.05) is 6.92 Å². The van der Waals surface area contributed by atoms with Gasteiger partial charge in [0.2, 0.25) is 5.91 Å². The zero-order chi connectivity index (χ0) is 14.7. The van der Waals surface area contributed by atoms with E-state index < -0.39 is 12.1 Å². The van der Waals surface area contributed by atoms with Gasteiger partial charge in [-0.05, 0) is 38.0 Å². The number of carbonyl (C=O) groups is 3. The number of nitrogens with one attached hydrogen (secondary N) is 2. The highest BCUT2D eigenvalue weighted by atomic mass is 16.2. The summed E-state index contributed by atoms with van der Waals surface area (Å²) >= 11 is 0. The van der Waals surface area contributed by atoms with Crippen molar-refractivity contribution in [2.75, 3.05) is 7.05 Å². The van der Waals surface area contributed by atoms with Crippen LogP contribution in [0.15, 0.2) is 0 Å². The van der Waals surface area contributed by atoms with Crippen molar-refractivity contribution in [1.82, 2.24) is 15.5 Å². The molecule has 1 aliphatic heterocycles. The Kier molecular flexibility index (Phi) is 4.62. The van der Waals surface area contributed by atoms with Gasteiger partial charge in [-0.3, -0.25) is 14.9 Å². The average Bonchev–Trinajstić information content (AvgIpc) is 2.74. The lowest BCUT2D eigenvalue weighted by molar-refractivity contribution is -0.133. The molecule has 2 fully saturated rings. The van der Waals surface area contributed by atoms with E-state index in [9.17, 15) is 14.4 Å². The zero-order valence-corrected chi connectivity index (χ0v) is 12.1. The van der Waals surface area contributed by atoms with Crippen LogP contribution in [-0.2, 0) is 9.59 Å². The van der Waals surface area contributed by atoms with Gasteiger partial charge in [0, 0.05) is 19.5 Å². The first kappa shape index (κ1) is 14.8. The lowest BCUT2D eigenvalue weighted by Crippen LogP contribution is -2.40. The molecular formula is C14H23N3O3. The molecule has 20 heavy (non-hydrogen) atoms. The monoisotopic (exact) mass is 281 g/mol. The maximum absolute atomic E-state index is 12.2. The molecule has 1 aliphatic carbocycles. The Morgan fingerprint density at radius 2 is 1.90 bits per heavy atom. The maximum atomic E-state index is 12.2. The lowest BCUT2D eigenvalue weighted by atomic mass is 9.86. The van der Waals surface area contributed by atoms with E-state index in [4.69, 9.17) is 0 Å².